The number of hydrogen-bond acceptors (Lipinski definition) is 4. The number of carbonyl (C=O) groups is 1. The Kier molecular flexibility index (Phi) is 4.23. The Labute approximate surface area is 156 Å². The van der Waals surface area contributed by atoms with Crippen molar-refractivity contribution in [3.63, 3.8) is 0 Å². The molecule has 1 unspecified atom stereocenters. The minimum absolute atomic E-state index is 0.367. The molecule has 0 spiro atoms. The highest BCUT2D eigenvalue weighted by Crippen LogP contribution is 2.56. The van der Waals surface area contributed by atoms with Gasteiger partial charge in [-0.1, -0.05) is 12.8 Å². The van der Waals surface area contributed by atoms with Gasteiger partial charge in [0, 0.05) is 61.9 Å². The molecule has 0 radical (unpaired) electrons. The van der Waals surface area contributed by atoms with E-state index in [9.17, 15) is 4.79 Å². The molecular weight excluding hydrogens is 324 g/mol. The Bertz CT molecular complexity index is 685. The minimum Gasteiger partial charge on any atom is -0.342 e. The Hall–Kier alpha value is -1.49. The number of nitrogens with zero attached hydrogens (tertiary/aromatic N) is 4. The van der Waals surface area contributed by atoms with E-state index in [1.54, 1.807) is 0 Å². The number of likely N-dealkylation sites (N-methyl/N-ethyl adjacent to an activating group) is 1. The van der Waals surface area contributed by atoms with Gasteiger partial charge in [-0.2, -0.15) is 0 Å². The van der Waals surface area contributed by atoms with Gasteiger partial charge in [-0.05, 0) is 44.6 Å². The molecule has 4 aliphatic rings. The summed E-state index contributed by atoms with van der Waals surface area (Å²) < 4.78 is 0. The van der Waals surface area contributed by atoms with Crippen molar-refractivity contribution in [2.24, 2.45) is 17.8 Å². The maximum absolute atomic E-state index is 12.9. The fourth-order valence-corrected chi connectivity index (χ4v) is 5.60. The predicted molar refractivity (Wildman–Crippen MR) is 99.6 cm³/mol. The van der Waals surface area contributed by atoms with Gasteiger partial charge in [0.1, 0.15) is 5.82 Å². The van der Waals surface area contributed by atoms with Gasteiger partial charge in [-0.25, -0.2) is 9.97 Å². The van der Waals surface area contributed by atoms with Gasteiger partial charge < -0.3 is 9.80 Å². The zero-order chi connectivity index (χ0) is 17.7. The zero-order valence-electron chi connectivity index (χ0n) is 15.9. The third-order valence-electron chi connectivity index (χ3n) is 7.26. The lowest BCUT2D eigenvalue weighted by Gasteiger charge is -2.32. The van der Waals surface area contributed by atoms with E-state index in [2.05, 4.69) is 21.8 Å². The SMILES string of the molecule is CN1CCc2nc(C3CCN(C(=O)C4[C@H]5CCCC[C@@H]45)CC3)ncc2C1. The van der Waals surface area contributed by atoms with Crippen LogP contribution in [0.25, 0.3) is 0 Å². The number of fused-ring (bicyclic) bond motifs is 2. The average Bonchev–Trinajstić information content (AvgIpc) is 3.41. The summed E-state index contributed by atoms with van der Waals surface area (Å²) >= 11 is 0. The quantitative estimate of drug-likeness (QED) is 0.819. The summed E-state index contributed by atoms with van der Waals surface area (Å²) in [5.74, 6) is 3.69. The molecular formula is C21H30N4O. The highest BCUT2D eigenvalue weighted by atomic mass is 16.2. The molecule has 1 amide bonds. The lowest BCUT2D eigenvalue weighted by Crippen LogP contribution is -2.39. The van der Waals surface area contributed by atoms with Crippen molar-refractivity contribution in [1.82, 2.24) is 19.8 Å². The minimum atomic E-state index is 0.367. The maximum atomic E-state index is 12.9. The molecule has 0 bridgehead atoms. The number of carbonyl (C=O) groups excluding carboxylic acids is 1. The third-order valence-corrected chi connectivity index (χ3v) is 7.26. The summed E-state index contributed by atoms with van der Waals surface area (Å²) in [6, 6.07) is 0. The van der Waals surface area contributed by atoms with Crippen molar-refractivity contribution in [2.75, 3.05) is 26.7 Å². The molecule has 0 aromatic carbocycles. The van der Waals surface area contributed by atoms with E-state index >= 15 is 0 Å². The fraction of sp³-hybridized carbons (Fsp3) is 0.762. The fourth-order valence-electron chi connectivity index (χ4n) is 5.60. The van der Waals surface area contributed by atoms with Gasteiger partial charge >= 0.3 is 0 Å². The van der Waals surface area contributed by atoms with Crippen molar-refractivity contribution >= 4 is 5.91 Å². The van der Waals surface area contributed by atoms with Crippen LogP contribution in [0, 0.1) is 17.8 Å². The van der Waals surface area contributed by atoms with Crippen LogP contribution in [0.15, 0.2) is 6.20 Å². The number of amides is 1. The standard InChI is InChI=1S/C21H30N4O/c1-24-9-8-18-15(13-24)12-22-20(23-18)14-6-10-25(11-7-14)21(26)19-16-4-2-3-5-17(16)19/h12,14,16-17,19H,2-11,13H2,1H3/t16-,17+,19?. The summed E-state index contributed by atoms with van der Waals surface area (Å²) in [7, 11) is 2.15. The first-order valence-electron chi connectivity index (χ1n) is 10.5. The first-order valence-corrected chi connectivity index (χ1v) is 10.5. The summed E-state index contributed by atoms with van der Waals surface area (Å²) in [4.78, 5) is 26.9. The van der Waals surface area contributed by atoms with Crippen LogP contribution in [0.2, 0.25) is 0 Å². The van der Waals surface area contributed by atoms with E-state index in [0.717, 1.165) is 63.1 Å². The van der Waals surface area contributed by atoms with Crippen LogP contribution in [0.4, 0.5) is 0 Å². The lowest BCUT2D eigenvalue weighted by molar-refractivity contribution is -0.134. The smallest absolute Gasteiger partial charge is 0.226 e. The highest BCUT2D eigenvalue weighted by Gasteiger charge is 2.55. The summed E-state index contributed by atoms with van der Waals surface area (Å²) in [6.45, 7) is 3.83. The summed E-state index contributed by atoms with van der Waals surface area (Å²) in [6.07, 6.45) is 10.4. The van der Waals surface area contributed by atoms with Crippen LogP contribution >= 0.6 is 0 Å². The highest BCUT2D eigenvalue weighted by molar-refractivity contribution is 5.82. The van der Waals surface area contributed by atoms with Crippen molar-refractivity contribution < 1.29 is 4.79 Å². The first-order chi connectivity index (χ1) is 12.7. The van der Waals surface area contributed by atoms with Crippen LogP contribution in [0.5, 0.6) is 0 Å². The Morgan fingerprint density at radius 3 is 2.54 bits per heavy atom. The number of likely N-dealkylation sites (tertiary alicyclic amines) is 1. The summed E-state index contributed by atoms with van der Waals surface area (Å²) in [5, 5.41) is 0. The molecule has 2 aliphatic heterocycles. The van der Waals surface area contributed by atoms with Crippen LogP contribution in [0.3, 0.4) is 0 Å². The van der Waals surface area contributed by atoms with Crippen LogP contribution in [-0.2, 0) is 17.8 Å². The Balaban J connectivity index is 1.20. The molecule has 3 fully saturated rings. The molecule has 3 heterocycles. The van der Waals surface area contributed by atoms with Gasteiger partial charge in [-0.3, -0.25) is 4.79 Å². The predicted octanol–water partition coefficient (Wildman–Crippen LogP) is 2.61. The van der Waals surface area contributed by atoms with E-state index < -0.39 is 0 Å². The first kappa shape index (κ1) is 16.7. The number of rotatable bonds is 2. The van der Waals surface area contributed by atoms with Crippen molar-refractivity contribution in [2.45, 2.75) is 57.4 Å². The van der Waals surface area contributed by atoms with Crippen LogP contribution in [-0.4, -0.2) is 52.4 Å². The second kappa shape index (κ2) is 6.59. The number of aromatic nitrogens is 2. The Morgan fingerprint density at radius 1 is 1.08 bits per heavy atom. The van der Waals surface area contributed by atoms with Crippen molar-refractivity contribution in [3.8, 4) is 0 Å². The van der Waals surface area contributed by atoms with Gasteiger partial charge in [-0.15, -0.1) is 0 Å². The van der Waals surface area contributed by atoms with E-state index in [0.29, 0.717) is 17.7 Å². The Morgan fingerprint density at radius 2 is 1.81 bits per heavy atom. The second-order valence-corrected chi connectivity index (χ2v) is 8.93. The van der Waals surface area contributed by atoms with Gasteiger partial charge in [0.2, 0.25) is 5.91 Å². The topological polar surface area (TPSA) is 49.3 Å². The number of hydrogen-bond donors (Lipinski definition) is 0. The molecule has 3 atom stereocenters. The van der Waals surface area contributed by atoms with Crippen LogP contribution in [0.1, 0.15) is 61.5 Å². The zero-order valence-corrected chi connectivity index (χ0v) is 15.9. The molecule has 2 aliphatic carbocycles. The molecule has 140 valence electrons. The van der Waals surface area contributed by atoms with Gasteiger partial charge in [0.05, 0.1) is 0 Å². The molecule has 2 saturated carbocycles. The molecule has 1 saturated heterocycles. The lowest BCUT2D eigenvalue weighted by atomic mass is 9.95. The molecule has 5 rings (SSSR count). The average molecular weight is 354 g/mol. The number of piperidine rings is 1. The van der Waals surface area contributed by atoms with E-state index in [1.165, 1.54) is 36.9 Å². The van der Waals surface area contributed by atoms with Crippen molar-refractivity contribution in [3.05, 3.63) is 23.3 Å². The van der Waals surface area contributed by atoms with Gasteiger partial charge in [0.15, 0.2) is 0 Å². The third kappa shape index (κ3) is 2.94. The van der Waals surface area contributed by atoms with E-state index in [4.69, 9.17) is 4.98 Å². The largest absolute Gasteiger partial charge is 0.342 e. The van der Waals surface area contributed by atoms with Gasteiger partial charge in [0.25, 0.3) is 0 Å². The monoisotopic (exact) mass is 354 g/mol. The molecule has 5 nitrogen and oxygen atoms in total. The van der Waals surface area contributed by atoms with Crippen LogP contribution < -0.4 is 0 Å². The second-order valence-electron chi connectivity index (χ2n) is 8.93. The molecule has 0 N–H and O–H groups in total. The van der Waals surface area contributed by atoms with Crippen molar-refractivity contribution in [1.29, 1.82) is 0 Å². The molecule has 1 aromatic heterocycles. The molecule has 1 aromatic rings. The van der Waals surface area contributed by atoms with E-state index in [-0.39, 0.29) is 0 Å². The summed E-state index contributed by atoms with van der Waals surface area (Å²) in [5.41, 5.74) is 2.53. The normalized spacial score (nSPS) is 32.0. The maximum Gasteiger partial charge on any atom is 0.226 e. The molecule has 26 heavy (non-hydrogen) atoms. The van der Waals surface area contributed by atoms with E-state index in [1.807, 2.05) is 6.20 Å². The molecule has 5 heteroatoms.